The molecule has 1 aliphatic heterocycles. The van der Waals surface area contributed by atoms with Crippen molar-refractivity contribution in [1.29, 1.82) is 0 Å². The number of benzene rings is 2. The smallest absolute Gasteiger partial charge is 0.253 e. The van der Waals surface area contributed by atoms with E-state index in [2.05, 4.69) is 22.4 Å². The van der Waals surface area contributed by atoms with E-state index in [4.69, 9.17) is 16.6 Å². The predicted octanol–water partition coefficient (Wildman–Crippen LogP) is 4.42. The molecular weight excluding hydrogens is 378 g/mol. The van der Waals surface area contributed by atoms with Gasteiger partial charge in [0.1, 0.15) is 5.01 Å². The van der Waals surface area contributed by atoms with Crippen LogP contribution in [0.4, 0.5) is 0 Å². The van der Waals surface area contributed by atoms with Crippen molar-refractivity contribution < 1.29 is 4.79 Å². The van der Waals surface area contributed by atoms with Crippen LogP contribution in [0.1, 0.15) is 16.1 Å². The minimum absolute atomic E-state index is 0.0753. The van der Waals surface area contributed by atoms with Crippen molar-refractivity contribution in [2.24, 2.45) is 0 Å². The molecule has 0 aliphatic carbocycles. The zero-order chi connectivity index (χ0) is 18.6. The number of hydrogen-bond donors (Lipinski definition) is 0. The molecule has 6 heteroatoms. The molecular formula is C21H20ClN3OS. The van der Waals surface area contributed by atoms with Gasteiger partial charge in [-0.15, -0.1) is 11.3 Å². The molecule has 1 aromatic heterocycles. The molecule has 3 aromatic rings. The summed E-state index contributed by atoms with van der Waals surface area (Å²) in [6.45, 7) is 4.01. The highest BCUT2D eigenvalue weighted by Gasteiger charge is 2.22. The number of rotatable bonds is 4. The topological polar surface area (TPSA) is 36.4 Å². The van der Waals surface area contributed by atoms with E-state index in [1.54, 1.807) is 35.6 Å². The van der Waals surface area contributed by atoms with Gasteiger partial charge in [0.2, 0.25) is 0 Å². The van der Waals surface area contributed by atoms with Crippen molar-refractivity contribution in [2.45, 2.75) is 6.54 Å². The molecule has 1 amide bonds. The standard InChI is InChI=1S/C21H20ClN3OS/c22-18-8-6-17(7-9-18)21(26)25-12-10-24(11-13-25)14-19-15-27-20(23-19)16-4-2-1-3-5-16/h1-9,15H,10-14H2. The molecule has 1 saturated heterocycles. The predicted molar refractivity (Wildman–Crippen MR) is 110 cm³/mol. The Morgan fingerprint density at radius 2 is 1.70 bits per heavy atom. The van der Waals surface area contributed by atoms with E-state index in [0.29, 0.717) is 10.6 Å². The largest absolute Gasteiger partial charge is 0.336 e. The molecule has 138 valence electrons. The lowest BCUT2D eigenvalue weighted by molar-refractivity contribution is 0.0627. The molecule has 4 nitrogen and oxygen atoms in total. The van der Waals surface area contributed by atoms with Gasteiger partial charge < -0.3 is 4.90 Å². The third-order valence-electron chi connectivity index (χ3n) is 4.71. The summed E-state index contributed by atoms with van der Waals surface area (Å²) < 4.78 is 0. The number of piperazine rings is 1. The van der Waals surface area contributed by atoms with Gasteiger partial charge in [0.25, 0.3) is 5.91 Å². The molecule has 1 fully saturated rings. The maximum absolute atomic E-state index is 12.6. The zero-order valence-electron chi connectivity index (χ0n) is 14.8. The van der Waals surface area contributed by atoms with Gasteiger partial charge in [-0.1, -0.05) is 41.9 Å². The molecule has 1 aliphatic rings. The van der Waals surface area contributed by atoms with Crippen LogP contribution in [0.25, 0.3) is 10.6 Å². The highest BCUT2D eigenvalue weighted by atomic mass is 35.5. The summed E-state index contributed by atoms with van der Waals surface area (Å²) >= 11 is 7.58. The van der Waals surface area contributed by atoms with Crippen LogP contribution in [0.3, 0.4) is 0 Å². The third kappa shape index (κ3) is 4.38. The molecule has 4 rings (SSSR count). The molecule has 0 spiro atoms. The Morgan fingerprint density at radius 1 is 1.00 bits per heavy atom. The first-order chi connectivity index (χ1) is 13.2. The van der Waals surface area contributed by atoms with Gasteiger partial charge in [-0.2, -0.15) is 0 Å². The highest BCUT2D eigenvalue weighted by Crippen LogP contribution is 2.24. The minimum Gasteiger partial charge on any atom is -0.336 e. The molecule has 0 atom stereocenters. The minimum atomic E-state index is 0.0753. The first-order valence-electron chi connectivity index (χ1n) is 8.96. The molecule has 27 heavy (non-hydrogen) atoms. The second-order valence-electron chi connectivity index (χ2n) is 6.59. The third-order valence-corrected chi connectivity index (χ3v) is 5.90. The molecule has 0 radical (unpaired) electrons. The number of carbonyl (C=O) groups is 1. The average Bonchev–Trinajstić information content (AvgIpc) is 3.18. The van der Waals surface area contributed by atoms with Crippen molar-refractivity contribution in [1.82, 2.24) is 14.8 Å². The maximum Gasteiger partial charge on any atom is 0.253 e. The Balaban J connectivity index is 1.33. The van der Waals surface area contributed by atoms with Gasteiger partial charge in [0.05, 0.1) is 5.69 Å². The Morgan fingerprint density at radius 3 is 2.41 bits per heavy atom. The summed E-state index contributed by atoms with van der Waals surface area (Å²) in [5, 5.41) is 3.84. The van der Waals surface area contributed by atoms with Gasteiger partial charge in [-0.3, -0.25) is 9.69 Å². The summed E-state index contributed by atoms with van der Waals surface area (Å²) in [6, 6.07) is 17.4. The number of hydrogen-bond acceptors (Lipinski definition) is 4. The van der Waals surface area contributed by atoms with Crippen LogP contribution in [0.5, 0.6) is 0 Å². The molecule has 2 aromatic carbocycles. The van der Waals surface area contributed by atoms with E-state index in [-0.39, 0.29) is 5.91 Å². The maximum atomic E-state index is 12.6. The fourth-order valence-electron chi connectivity index (χ4n) is 3.21. The van der Waals surface area contributed by atoms with Gasteiger partial charge in [0, 0.05) is 54.3 Å². The van der Waals surface area contributed by atoms with Gasteiger partial charge in [-0.05, 0) is 24.3 Å². The van der Waals surface area contributed by atoms with E-state index in [1.807, 2.05) is 23.1 Å². The number of thiazole rings is 1. The second-order valence-corrected chi connectivity index (χ2v) is 7.88. The normalized spacial score (nSPS) is 15.1. The number of halogens is 1. The summed E-state index contributed by atoms with van der Waals surface area (Å²) in [5.74, 6) is 0.0753. The van der Waals surface area contributed by atoms with Gasteiger partial charge in [-0.25, -0.2) is 4.98 Å². The Hall–Kier alpha value is -2.21. The quantitative estimate of drug-likeness (QED) is 0.653. The number of carbonyl (C=O) groups excluding carboxylic acids is 1. The van der Waals surface area contributed by atoms with Crippen LogP contribution in [-0.2, 0) is 6.54 Å². The lowest BCUT2D eigenvalue weighted by atomic mass is 10.2. The van der Waals surface area contributed by atoms with Crippen LogP contribution in [0.15, 0.2) is 60.0 Å². The molecule has 2 heterocycles. The van der Waals surface area contributed by atoms with E-state index in [1.165, 1.54) is 0 Å². The van der Waals surface area contributed by atoms with Crippen molar-refractivity contribution >= 4 is 28.8 Å². The van der Waals surface area contributed by atoms with Crippen LogP contribution in [-0.4, -0.2) is 46.9 Å². The zero-order valence-corrected chi connectivity index (χ0v) is 16.4. The Kier molecular flexibility index (Phi) is 5.53. The van der Waals surface area contributed by atoms with E-state index >= 15 is 0 Å². The highest BCUT2D eigenvalue weighted by molar-refractivity contribution is 7.13. The van der Waals surface area contributed by atoms with Gasteiger partial charge >= 0.3 is 0 Å². The molecule has 0 N–H and O–H groups in total. The number of amides is 1. The van der Waals surface area contributed by atoms with Crippen LogP contribution >= 0.6 is 22.9 Å². The van der Waals surface area contributed by atoms with Crippen molar-refractivity contribution in [2.75, 3.05) is 26.2 Å². The summed E-state index contributed by atoms with van der Waals surface area (Å²) in [5.41, 5.74) is 2.95. The van der Waals surface area contributed by atoms with Crippen molar-refractivity contribution in [3.8, 4) is 10.6 Å². The summed E-state index contributed by atoms with van der Waals surface area (Å²) in [7, 11) is 0. The van der Waals surface area contributed by atoms with E-state index in [9.17, 15) is 4.79 Å². The lowest BCUT2D eigenvalue weighted by Gasteiger charge is -2.34. The van der Waals surface area contributed by atoms with Crippen LogP contribution in [0, 0.1) is 0 Å². The van der Waals surface area contributed by atoms with Crippen LogP contribution in [0.2, 0.25) is 5.02 Å². The Labute approximate surface area is 168 Å². The average molecular weight is 398 g/mol. The second kappa shape index (κ2) is 8.21. The number of aromatic nitrogens is 1. The van der Waals surface area contributed by atoms with E-state index < -0.39 is 0 Å². The fraction of sp³-hybridized carbons (Fsp3) is 0.238. The SMILES string of the molecule is O=C(c1ccc(Cl)cc1)N1CCN(Cc2csc(-c3ccccc3)n2)CC1. The first kappa shape index (κ1) is 18.2. The van der Waals surface area contributed by atoms with E-state index in [0.717, 1.165) is 49.0 Å². The molecule has 0 saturated carbocycles. The molecule has 0 unspecified atom stereocenters. The summed E-state index contributed by atoms with van der Waals surface area (Å²) in [4.78, 5) is 21.6. The summed E-state index contributed by atoms with van der Waals surface area (Å²) in [6.07, 6.45) is 0. The van der Waals surface area contributed by atoms with Crippen molar-refractivity contribution in [3.05, 3.63) is 76.3 Å². The molecule has 0 bridgehead atoms. The first-order valence-corrected chi connectivity index (χ1v) is 10.2. The van der Waals surface area contributed by atoms with Crippen molar-refractivity contribution in [3.63, 3.8) is 0 Å². The van der Waals surface area contributed by atoms with Gasteiger partial charge in [0.15, 0.2) is 0 Å². The van der Waals surface area contributed by atoms with Crippen LogP contribution < -0.4 is 0 Å². The monoisotopic (exact) mass is 397 g/mol. The number of nitrogens with zero attached hydrogens (tertiary/aromatic N) is 3. The Bertz CT molecular complexity index is 903. The fourth-order valence-corrected chi connectivity index (χ4v) is 4.15. The lowest BCUT2D eigenvalue weighted by Crippen LogP contribution is -2.48.